The second kappa shape index (κ2) is 7.47. The van der Waals surface area contributed by atoms with Gasteiger partial charge in [-0.1, -0.05) is 0 Å². The summed E-state index contributed by atoms with van der Waals surface area (Å²) in [6.45, 7) is 7.18. The molecule has 7 nitrogen and oxygen atoms in total. The third-order valence-electron chi connectivity index (χ3n) is 4.14. The van der Waals surface area contributed by atoms with Crippen LogP contribution in [-0.4, -0.2) is 54.1 Å². The molecule has 2 atom stereocenters. The van der Waals surface area contributed by atoms with Crippen LogP contribution in [0.1, 0.15) is 23.5 Å². The Morgan fingerprint density at radius 2 is 2.08 bits per heavy atom. The minimum atomic E-state index is -0.429. The van der Waals surface area contributed by atoms with Crippen molar-refractivity contribution in [3.05, 3.63) is 39.3 Å². The summed E-state index contributed by atoms with van der Waals surface area (Å²) in [6.07, 6.45) is 0.413. The fourth-order valence-electron chi connectivity index (χ4n) is 3.14. The quantitative estimate of drug-likeness (QED) is 0.652. The number of nitro groups is 1. The molecule has 0 spiro atoms. The number of nitro benzene ring substituents is 1. The second-order valence-electron chi connectivity index (χ2n) is 6.36. The highest BCUT2D eigenvalue weighted by Crippen LogP contribution is 2.28. The zero-order valence-corrected chi connectivity index (χ0v) is 15.0. The number of carbonyl (C=O) groups excluding carboxylic acids is 1. The van der Waals surface area contributed by atoms with E-state index in [0.717, 1.165) is 29.7 Å². The maximum Gasteiger partial charge on any atom is 0.270 e. The SMILES string of the molecule is CC1CN(CCNC(=O)c2cc3cc([N+](=O)[O-])ccc3s2)CC(C)O1. The molecule has 1 aromatic heterocycles. The lowest BCUT2D eigenvalue weighted by atomic mass is 10.2. The first kappa shape index (κ1) is 17.8. The van der Waals surface area contributed by atoms with Gasteiger partial charge in [-0.3, -0.25) is 19.8 Å². The van der Waals surface area contributed by atoms with Gasteiger partial charge in [0, 0.05) is 48.4 Å². The van der Waals surface area contributed by atoms with Gasteiger partial charge in [0.1, 0.15) is 0 Å². The van der Waals surface area contributed by atoms with Crippen LogP contribution in [0.4, 0.5) is 5.69 Å². The van der Waals surface area contributed by atoms with Crippen LogP contribution < -0.4 is 5.32 Å². The number of thiophene rings is 1. The van der Waals surface area contributed by atoms with E-state index in [1.165, 1.54) is 23.5 Å². The Bertz CT molecular complexity index is 781. The molecule has 25 heavy (non-hydrogen) atoms. The molecule has 0 aliphatic carbocycles. The molecule has 1 aliphatic rings. The van der Waals surface area contributed by atoms with E-state index in [1.54, 1.807) is 12.1 Å². The summed E-state index contributed by atoms with van der Waals surface area (Å²) >= 11 is 1.34. The van der Waals surface area contributed by atoms with Crippen LogP contribution in [0, 0.1) is 10.1 Å². The molecule has 0 bridgehead atoms. The maximum absolute atomic E-state index is 12.3. The van der Waals surface area contributed by atoms with E-state index in [1.807, 2.05) is 0 Å². The highest BCUT2D eigenvalue weighted by Gasteiger charge is 2.22. The molecule has 0 radical (unpaired) electrons. The number of nitrogens with one attached hydrogen (secondary N) is 1. The van der Waals surface area contributed by atoms with Gasteiger partial charge >= 0.3 is 0 Å². The molecule has 1 saturated heterocycles. The van der Waals surface area contributed by atoms with Crippen molar-refractivity contribution in [1.29, 1.82) is 0 Å². The number of rotatable bonds is 5. The summed E-state index contributed by atoms with van der Waals surface area (Å²) in [5.41, 5.74) is 0.0350. The molecule has 2 unspecified atom stereocenters. The van der Waals surface area contributed by atoms with Crippen LogP contribution in [0.25, 0.3) is 10.1 Å². The number of carbonyl (C=O) groups is 1. The predicted molar refractivity (Wildman–Crippen MR) is 97.3 cm³/mol. The van der Waals surface area contributed by atoms with Crippen molar-refractivity contribution in [3.63, 3.8) is 0 Å². The Labute approximate surface area is 149 Å². The number of hydrogen-bond acceptors (Lipinski definition) is 6. The van der Waals surface area contributed by atoms with Crippen molar-refractivity contribution in [2.75, 3.05) is 26.2 Å². The first-order valence-corrected chi connectivity index (χ1v) is 9.08. The first-order chi connectivity index (χ1) is 11.9. The third kappa shape index (κ3) is 4.33. The van der Waals surface area contributed by atoms with E-state index >= 15 is 0 Å². The maximum atomic E-state index is 12.3. The lowest BCUT2D eigenvalue weighted by Gasteiger charge is -2.35. The van der Waals surface area contributed by atoms with Crippen molar-refractivity contribution in [3.8, 4) is 0 Å². The molecule has 3 rings (SSSR count). The highest BCUT2D eigenvalue weighted by atomic mass is 32.1. The van der Waals surface area contributed by atoms with Gasteiger partial charge in [-0.15, -0.1) is 11.3 Å². The molecule has 1 N–H and O–H groups in total. The fraction of sp³-hybridized carbons (Fsp3) is 0.471. The van der Waals surface area contributed by atoms with Gasteiger partial charge in [-0.2, -0.15) is 0 Å². The van der Waals surface area contributed by atoms with Gasteiger partial charge in [0.15, 0.2) is 0 Å². The molecule has 8 heteroatoms. The molecule has 1 amide bonds. The Balaban J connectivity index is 1.58. The average molecular weight is 363 g/mol. The van der Waals surface area contributed by atoms with Crippen molar-refractivity contribution >= 4 is 33.0 Å². The Morgan fingerprint density at radius 3 is 2.76 bits per heavy atom. The van der Waals surface area contributed by atoms with E-state index in [4.69, 9.17) is 4.74 Å². The molecule has 1 fully saturated rings. The lowest BCUT2D eigenvalue weighted by molar-refractivity contribution is -0.384. The van der Waals surface area contributed by atoms with E-state index in [-0.39, 0.29) is 23.8 Å². The standard InChI is InChI=1S/C17H21N3O4S/c1-11-9-19(10-12(2)24-11)6-5-18-17(21)16-8-13-7-14(20(22)23)3-4-15(13)25-16/h3-4,7-8,11-12H,5-6,9-10H2,1-2H3,(H,18,21). The molecule has 1 aliphatic heterocycles. The number of amides is 1. The van der Waals surface area contributed by atoms with Crippen molar-refractivity contribution < 1.29 is 14.5 Å². The van der Waals surface area contributed by atoms with E-state index in [9.17, 15) is 14.9 Å². The van der Waals surface area contributed by atoms with Crippen molar-refractivity contribution in [2.45, 2.75) is 26.1 Å². The summed E-state index contributed by atoms with van der Waals surface area (Å²) in [6, 6.07) is 6.35. The Hall–Kier alpha value is -2.03. The molecular formula is C17H21N3O4S. The van der Waals surface area contributed by atoms with Crippen LogP contribution in [-0.2, 0) is 4.74 Å². The van der Waals surface area contributed by atoms with E-state index < -0.39 is 4.92 Å². The lowest BCUT2D eigenvalue weighted by Crippen LogP contribution is -2.47. The van der Waals surface area contributed by atoms with Crippen molar-refractivity contribution in [1.82, 2.24) is 10.2 Å². The third-order valence-corrected chi connectivity index (χ3v) is 5.26. The average Bonchev–Trinajstić information content (AvgIpc) is 2.97. The molecule has 2 aromatic rings. The number of ether oxygens (including phenoxy) is 1. The highest BCUT2D eigenvalue weighted by molar-refractivity contribution is 7.20. The van der Waals surface area contributed by atoms with Gasteiger partial charge in [-0.05, 0) is 26.0 Å². The molecular weight excluding hydrogens is 342 g/mol. The van der Waals surface area contributed by atoms with Gasteiger partial charge < -0.3 is 10.1 Å². The zero-order valence-electron chi connectivity index (χ0n) is 14.2. The van der Waals surface area contributed by atoms with Crippen LogP contribution >= 0.6 is 11.3 Å². The first-order valence-electron chi connectivity index (χ1n) is 8.26. The number of non-ortho nitro benzene ring substituents is 1. The minimum Gasteiger partial charge on any atom is -0.373 e. The molecule has 2 heterocycles. The molecule has 1 aromatic carbocycles. The summed E-state index contributed by atoms with van der Waals surface area (Å²) in [5.74, 6) is -0.141. The van der Waals surface area contributed by atoms with Gasteiger partial charge in [-0.25, -0.2) is 0 Å². The van der Waals surface area contributed by atoms with Crippen LogP contribution in [0.15, 0.2) is 24.3 Å². The minimum absolute atomic E-state index is 0.0350. The topological polar surface area (TPSA) is 84.7 Å². The summed E-state index contributed by atoms with van der Waals surface area (Å²) in [7, 11) is 0. The van der Waals surface area contributed by atoms with Crippen LogP contribution in [0.2, 0.25) is 0 Å². The monoisotopic (exact) mass is 363 g/mol. The Morgan fingerprint density at radius 1 is 1.36 bits per heavy atom. The van der Waals surface area contributed by atoms with E-state index in [0.29, 0.717) is 11.4 Å². The largest absolute Gasteiger partial charge is 0.373 e. The smallest absolute Gasteiger partial charge is 0.270 e. The summed E-state index contributed by atoms with van der Waals surface area (Å²) in [5, 5.41) is 14.5. The zero-order chi connectivity index (χ0) is 18.0. The number of nitrogens with zero attached hydrogens (tertiary/aromatic N) is 2. The summed E-state index contributed by atoms with van der Waals surface area (Å²) in [4.78, 5) is 25.6. The van der Waals surface area contributed by atoms with E-state index in [2.05, 4.69) is 24.1 Å². The van der Waals surface area contributed by atoms with Crippen LogP contribution in [0.3, 0.4) is 0 Å². The number of benzene rings is 1. The fourth-order valence-corrected chi connectivity index (χ4v) is 4.10. The number of hydrogen-bond donors (Lipinski definition) is 1. The number of fused-ring (bicyclic) bond motifs is 1. The van der Waals surface area contributed by atoms with Gasteiger partial charge in [0.05, 0.1) is 22.0 Å². The predicted octanol–water partition coefficient (Wildman–Crippen LogP) is 2.65. The summed E-state index contributed by atoms with van der Waals surface area (Å²) < 4.78 is 6.57. The van der Waals surface area contributed by atoms with Gasteiger partial charge in [0.25, 0.3) is 11.6 Å². The second-order valence-corrected chi connectivity index (χ2v) is 7.45. The van der Waals surface area contributed by atoms with Gasteiger partial charge in [0.2, 0.25) is 0 Å². The van der Waals surface area contributed by atoms with Crippen LogP contribution in [0.5, 0.6) is 0 Å². The molecule has 0 saturated carbocycles. The van der Waals surface area contributed by atoms with Crippen molar-refractivity contribution in [2.24, 2.45) is 0 Å². The molecule has 134 valence electrons. The Kier molecular flexibility index (Phi) is 5.31. The normalized spacial score (nSPS) is 21.4. The number of morpholine rings is 1.